The molecule has 0 aliphatic carbocycles. The van der Waals surface area contributed by atoms with Gasteiger partial charge in [-0.25, -0.2) is 0 Å². The number of rotatable bonds is 5. The lowest BCUT2D eigenvalue weighted by Gasteiger charge is -2.47. The minimum atomic E-state index is -0.841. The van der Waals surface area contributed by atoms with E-state index in [1.807, 2.05) is 60.7 Å². The van der Waals surface area contributed by atoms with E-state index in [4.69, 9.17) is 23.7 Å². The Morgan fingerprint density at radius 1 is 0.926 bits per heavy atom. The summed E-state index contributed by atoms with van der Waals surface area (Å²) < 4.78 is 29.4. The van der Waals surface area contributed by atoms with Gasteiger partial charge in [0.2, 0.25) is 0 Å². The molecule has 0 saturated carbocycles. The Morgan fingerprint density at radius 2 is 1.56 bits per heavy atom. The molecule has 0 bridgehead atoms. The van der Waals surface area contributed by atoms with Gasteiger partial charge in [-0.05, 0) is 0 Å². The molecule has 2 aliphatic heterocycles. The van der Waals surface area contributed by atoms with Gasteiger partial charge in [-0.3, -0.25) is 0 Å². The van der Waals surface area contributed by atoms with Crippen molar-refractivity contribution in [2.45, 2.75) is 37.0 Å². The molecule has 27 heavy (non-hydrogen) atoms. The van der Waals surface area contributed by atoms with Crippen molar-refractivity contribution < 1.29 is 28.8 Å². The predicted octanol–water partition coefficient (Wildman–Crippen LogP) is 2.59. The molecule has 2 fully saturated rings. The smallest absolute Gasteiger partial charge is 0.184 e. The third kappa shape index (κ3) is 4.06. The molecule has 4 rings (SSSR count). The Morgan fingerprint density at radius 3 is 2.19 bits per heavy atom. The van der Waals surface area contributed by atoms with Crippen LogP contribution in [0.3, 0.4) is 0 Å². The van der Waals surface area contributed by atoms with Crippen molar-refractivity contribution in [3.05, 3.63) is 71.8 Å². The number of hydrogen-bond donors (Lipinski definition) is 1. The maximum Gasteiger partial charge on any atom is 0.184 e. The van der Waals surface area contributed by atoms with Crippen LogP contribution in [0.15, 0.2) is 60.7 Å². The predicted molar refractivity (Wildman–Crippen MR) is 96.8 cm³/mol. The first-order valence-electron chi connectivity index (χ1n) is 9.11. The van der Waals surface area contributed by atoms with E-state index in [0.29, 0.717) is 6.61 Å². The van der Waals surface area contributed by atoms with Crippen molar-refractivity contribution in [1.82, 2.24) is 0 Å². The van der Waals surface area contributed by atoms with Crippen LogP contribution in [0.1, 0.15) is 23.7 Å². The van der Waals surface area contributed by atoms with Crippen LogP contribution < -0.4 is 0 Å². The third-order valence-corrected chi connectivity index (χ3v) is 4.82. The first-order valence-corrected chi connectivity index (χ1v) is 9.11. The number of ether oxygens (including phenoxy) is 5. The highest BCUT2D eigenvalue weighted by Gasteiger charge is 2.48. The van der Waals surface area contributed by atoms with Gasteiger partial charge in [-0.2, -0.15) is 0 Å². The monoisotopic (exact) mass is 372 g/mol. The second-order valence-corrected chi connectivity index (χ2v) is 6.72. The first-order chi connectivity index (χ1) is 13.3. The van der Waals surface area contributed by atoms with Crippen LogP contribution in [0, 0.1) is 0 Å². The Hall–Kier alpha value is -1.80. The zero-order valence-electron chi connectivity index (χ0n) is 15.1. The second kappa shape index (κ2) is 8.48. The molecule has 144 valence electrons. The Balaban J connectivity index is 1.56. The minimum absolute atomic E-state index is 0.148. The molecule has 2 aromatic rings. The zero-order chi connectivity index (χ0) is 18.6. The fourth-order valence-corrected chi connectivity index (χ4v) is 3.49. The normalized spacial score (nSPS) is 31.9. The maximum atomic E-state index is 10.6. The Kier molecular flexibility index (Phi) is 5.83. The van der Waals surface area contributed by atoms with Crippen LogP contribution in [-0.2, 0) is 23.7 Å². The van der Waals surface area contributed by atoms with Gasteiger partial charge in [0.15, 0.2) is 12.6 Å². The summed E-state index contributed by atoms with van der Waals surface area (Å²) in [6, 6.07) is 19.4. The van der Waals surface area contributed by atoms with Crippen LogP contribution in [0.4, 0.5) is 0 Å². The standard InChI is InChI=1S/C21H24O6/c1-23-12-16(22)18-19-17(25-21(26-18)15-10-6-3-7-11-15)13-24-20(27-19)14-8-4-2-5-9-14/h2-11,16-22H,12-13H2,1H3/t16-,17+,18-,19-,20?,21?/m1/s1. The maximum absolute atomic E-state index is 10.6. The van der Waals surface area contributed by atoms with Gasteiger partial charge >= 0.3 is 0 Å². The highest BCUT2D eigenvalue weighted by atomic mass is 16.8. The molecule has 2 saturated heterocycles. The molecule has 0 spiro atoms. The Labute approximate surface area is 158 Å². The minimum Gasteiger partial charge on any atom is -0.388 e. The summed E-state index contributed by atoms with van der Waals surface area (Å²) >= 11 is 0. The SMILES string of the molecule is COC[C@@H](O)[C@H]1OC(c2ccccc2)O[C@H]2COC(c3ccccc3)O[C@@H]12. The van der Waals surface area contributed by atoms with Gasteiger partial charge < -0.3 is 28.8 Å². The second-order valence-electron chi connectivity index (χ2n) is 6.72. The van der Waals surface area contributed by atoms with E-state index >= 15 is 0 Å². The quantitative estimate of drug-likeness (QED) is 0.870. The third-order valence-electron chi connectivity index (χ3n) is 4.82. The molecule has 6 nitrogen and oxygen atoms in total. The summed E-state index contributed by atoms with van der Waals surface area (Å²) in [6.07, 6.45) is -3.36. The van der Waals surface area contributed by atoms with E-state index in [1.54, 1.807) is 7.11 Å². The largest absolute Gasteiger partial charge is 0.388 e. The lowest BCUT2D eigenvalue weighted by molar-refractivity contribution is -0.373. The lowest BCUT2D eigenvalue weighted by atomic mass is 9.99. The highest BCUT2D eigenvalue weighted by Crippen LogP contribution is 2.38. The summed E-state index contributed by atoms with van der Waals surface area (Å²) in [5.41, 5.74) is 1.80. The number of aliphatic hydroxyl groups excluding tert-OH is 1. The van der Waals surface area contributed by atoms with Crippen LogP contribution in [0.5, 0.6) is 0 Å². The molecule has 2 heterocycles. The molecule has 1 N–H and O–H groups in total. The topological polar surface area (TPSA) is 66.4 Å². The van der Waals surface area contributed by atoms with E-state index in [2.05, 4.69) is 0 Å². The average molecular weight is 372 g/mol. The van der Waals surface area contributed by atoms with Crippen LogP contribution in [0.2, 0.25) is 0 Å². The van der Waals surface area contributed by atoms with E-state index in [-0.39, 0.29) is 12.7 Å². The molecule has 2 aromatic carbocycles. The van der Waals surface area contributed by atoms with Crippen molar-refractivity contribution in [3.63, 3.8) is 0 Å². The highest BCUT2D eigenvalue weighted by molar-refractivity contribution is 5.18. The van der Waals surface area contributed by atoms with Crippen molar-refractivity contribution in [2.75, 3.05) is 20.3 Å². The molecule has 6 heteroatoms. The zero-order valence-corrected chi connectivity index (χ0v) is 15.1. The Bertz CT molecular complexity index is 709. The summed E-state index contributed by atoms with van der Waals surface area (Å²) in [5.74, 6) is 0. The molecule has 0 aromatic heterocycles. The van der Waals surface area contributed by atoms with Gasteiger partial charge in [-0.15, -0.1) is 0 Å². The first kappa shape index (κ1) is 18.6. The molecular weight excluding hydrogens is 348 g/mol. The fourth-order valence-electron chi connectivity index (χ4n) is 3.49. The molecule has 6 atom stereocenters. The summed E-state index contributed by atoms with van der Waals surface area (Å²) in [6.45, 7) is 0.503. The molecule has 0 radical (unpaired) electrons. The molecule has 0 amide bonds. The van der Waals surface area contributed by atoms with E-state index in [9.17, 15) is 5.11 Å². The number of benzene rings is 2. The van der Waals surface area contributed by atoms with Gasteiger partial charge in [0.25, 0.3) is 0 Å². The van der Waals surface area contributed by atoms with Gasteiger partial charge in [0.1, 0.15) is 24.4 Å². The van der Waals surface area contributed by atoms with Crippen LogP contribution >= 0.6 is 0 Å². The van der Waals surface area contributed by atoms with Crippen molar-refractivity contribution in [3.8, 4) is 0 Å². The van der Waals surface area contributed by atoms with Gasteiger partial charge in [-0.1, -0.05) is 60.7 Å². The number of fused-ring (bicyclic) bond motifs is 1. The van der Waals surface area contributed by atoms with Gasteiger partial charge in [0.05, 0.1) is 13.2 Å². The van der Waals surface area contributed by atoms with E-state index in [0.717, 1.165) is 11.1 Å². The van der Waals surface area contributed by atoms with E-state index < -0.39 is 30.9 Å². The van der Waals surface area contributed by atoms with Crippen molar-refractivity contribution >= 4 is 0 Å². The lowest BCUT2D eigenvalue weighted by Crippen LogP contribution is -2.58. The molecular formula is C21H24O6. The summed E-state index contributed by atoms with van der Waals surface area (Å²) in [7, 11) is 1.55. The fraction of sp³-hybridized carbons (Fsp3) is 0.429. The summed E-state index contributed by atoms with van der Waals surface area (Å²) in [4.78, 5) is 0. The summed E-state index contributed by atoms with van der Waals surface area (Å²) in [5, 5.41) is 10.6. The molecule has 2 aliphatic rings. The van der Waals surface area contributed by atoms with Crippen LogP contribution in [-0.4, -0.2) is 49.8 Å². The number of hydrogen-bond acceptors (Lipinski definition) is 6. The number of aliphatic hydroxyl groups is 1. The van der Waals surface area contributed by atoms with E-state index in [1.165, 1.54) is 0 Å². The molecule has 2 unspecified atom stereocenters. The van der Waals surface area contributed by atoms with Crippen molar-refractivity contribution in [1.29, 1.82) is 0 Å². The van der Waals surface area contributed by atoms with Gasteiger partial charge in [0, 0.05) is 18.2 Å². The number of methoxy groups -OCH3 is 1. The average Bonchev–Trinajstić information content (AvgIpc) is 2.74. The van der Waals surface area contributed by atoms with Crippen molar-refractivity contribution in [2.24, 2.45) is 0 Å². The van der Waals surface area contributed by atoms with Crippen LogP contribution in [0.25, 0.3) is 0 Å².